The van der Waals surface area contributed by atoms with Gasteiger partial charge >= 0.3 is 0 Å². The van der Waals surface area contributed by atoms with E-state index in [9.17, 15) is 4.79 Å². The summed E-state index contributed by atoms with van der Waals surface area (Å²) in [6, 6.07) is 5.87. The zero-order valence-corrected chi connectivity index (χ0v) is 9.74. The molecule has 0 unspecified atom stereocenters. The first-order valence-corrected chi connectivity index (χ1v) is 5.54. The molecule has 1 aromatic carbocycles. The van der Waals surface area contributed by atoms with Gasteiger partial charge in [0.15, 0.2) is 5.78 Å². The lowest BCUT2D eigenvalue weighted by atomic mass is 10.0. The van der Waals surface area contributed by atoms with Crippen molar-refractivity contribution in [1.82, 2.24) is 0 Å². The molecule has 3 heteroatoms. The number of ketones is 1. The SMILES string of the molecule is CCc1cc(CC(=O)CCl)ccc1S. The fourth-order valence-electron chi connectivity index (χ4n) is 1.31. The van der Waals surface area contributed by atoms with Gasteiger partial charge in [-0.25, -0.2) is 0 Å². The van der Waals surface area contributed by atoms with Gasteiger partial charge < -0.3 is 0 Å². The number of rotatable bonds is 4. The normalized spacial score (nSPS) is 10.2. The van der Waals surface area contributed by atoms with Crippen LogP contribution in [0.2, 0.25) is 0 Å². The summed E-state index contributed by atoms with van der Waals surface area (Å²) < 4.78 is 0. The van der Waals surface area contributed by atoms with E-state index < -0.39 is 0 Å². The summed E-state index contributed by atoms with van der Waals surface area (Å²) in [6.07, 6.45) is 1.35. The molecular formula is C11H13ClOS. The number of aryl methyl sites for hydroxylation is 1. The number of halogens is 1. The van der Waals surface area contributed by atoms with Crippen molar-refractivity contribution in [3.8, 4) is 0 Å². The highest BCUT2D eigenvalue weighted by Crippen LogP contribution is 2.16. The molecule has 14 heavy (non-hydrogen) atoms. The molecule has 0 radical (unpaired) electrons. The first-order valence-electron chi connectivity index (χ1n) is 4.55. The fourth-order valence-corrected chi connectivity index (χ4v) is 1.70. The fraction of sp³-hybridized carbons (Fsp3) is 0.364. The zero-order valence-electron chi connectivity index (χ0n) is 8.09. The van der Waals surface area contributed by atoms with Crippen LogP contribution in [0.4, 0.5) is 0 Å². The summed E-state index contributed by atoms with van der Waals surface area (Å²) in [5.41, 5.74) is 2.19. The molecule has 0 saturated carbocycles. The van der Waals surface area contributed by atoms with Gasteiger partial charge in [0.2, 0.25) is 0 Å². The molecule has 76 valence electrons. The number of Topliss-reactive ketones (excluding diaryl/α,β-unsaturated/α-hetero) is 1. The Hall–Kier alpha value is -0.470. The topological polar surface area (TPSA) is 17.1 Å². The van der Waals surface area contributed by atoms with Gasteiger partial charge in [-0.2, -0.15) is 0 Å². The maximum atomic E-state index is 11.1. The summed E-state index contributed by atoms with van der Waals surface area (Å²) in [4.78, 5) is 12.1. The third-order valence-corrected chi connectivity index (χ3v) is 2.81. The minimum Gasteiger partial charge on any atom is -0.298 e. The third kappa shape index (κ3) is 3.03. The van der Waals surface area contributed by atoms with Crippen LogP contribution in [0, 0.1) is 0 Å². The lowest BCUT2D eigenvalue weighted by Gasteiger charge is -2.05. The Balaban J connectivity index is 2.84. The molecule has 0 atom stereocenters. The summed E-state index contributed by atoms with van der Waals surface area (Å²) in [5, 5.41) is 0. The predicted octanol–water partition coefficient (Wildman–Crippen LogP) is 2.89. The molecule has 0 spiro atoms. The molecular weight excluding hydrogens is 216 g/mol. The molecule has 0 aliphatic heterocycles. The molecule has 0 fully saturated rings. The molecule has 1 aromatic rings. The molecule has 1 rings (SSSR count). The minimum atomic E-state index is 0.0561. The van der Waals surface area contributed by atoms with E-state index in [1.54, 1.807) is 0 Å². The van der Waals surface area contributed by atoms with Crippen LogP contribution >= 0.6 is 24.2 Å². The van der Waals surface area contributed by atoms with Crippen molar-refractivity contribution in [2.75, 3.05) is 5.88 Å². The summed E-state index contributed by atoms with van der Waals surface area (Å²) >= 11 is 9.77. The molecule has 0 amide bonds. The number of carbonyl (C=O) groups excluding carboxylic acids is 1. The predicted molar refractivity (Wildman–Crippen MR) is 62.5 cm³/mol. The summed E-state index contributed by atoms with van der Waals surface area (Å²) in [7, 11) is 0. The van der Waals surface area contributed by atoms with Crippen LogP contribution in [-0.4, -0.2) is 11.7 Å². The van der Waals surface area contributed by atoms with Crippen molar-refractivity contribution in [3.05, 3.63) is 29.3 Å². The molecule has 0 heterocycles. The Bertz CT molecular complexity index is 336. The van der Waals surface area contributed by atoms with Crippen LogP contribution in [0.25, 0.3) is 0 Å². The van der Waals surface area contributed by atoms with E-state index in [1.165, 1.54) is 5.56 Å². The van der Waals surface area contributed by atoms with Crippen molar-refractivity contribution in [2.45, 2.75) is 24.7 Å². The molecule has 0 aliphatic carbocycles. The first kappa shape index (κ1) is 11.6. The van der Waals surface area contributed by atoms with Crippen molar-refractivity contribution in [3.63, 3.8) is 0 Å². The van der Waals surface area contributed by atoms with E-state index in [0.29, 0.717) is 6.42 Å². The highest BCUT2D eigenvalue weighted by molar-refractivity contribution is 7.80. The maximum Gasteiger partial charge on any atom is 0.151 e. The molecule has 0 bridgehead atoms. The van der Waals surface area contributed by atoms with Crippen LogP contribution in [0.15, 0.2) is 23.1 Å². The Morgan fingerprint density at radius 2 is 2.21 bits per heavy atom. The zero-order chi connectivity index (χ0) is 10.6. The van der Waals surface area contributed by atoms with Gasteiger partial charge in [-0.3, -0.25) is 4.79 Å². The van der Waals surface area contributed by atoms with Crippen LogP contribution in [0.1, 0.15) is 18.1 Å². The third-order valence-electron chi connectivity index (χ3n) is 2.08. The van der Waals surface area contributed by atoms with Gasteiger partial charge in [-0.15, -0.1) is 24.2 Å². The van der Waals surface area contributed by atoms with Crippen molar-refractivity contribution in [1.29, 1.82) is 0 Å². The Morgan fingerprint density at radius 1 is 1.50 bits per heavy atom. The van der Waals surface area contributed by atoms with Crippen LogP contribution in [-0.2, 0) is 17.6 Å². The standard InChI is InChI=1S/C11H13ClOS/c1-2-9-5-8(3-4-11(9)14)6-10(13)7-12/h3-5,14H,2,6-7H2,1H3. The molecule has 0 aliphatic rings. The Kier molecular flexibility index (Phi) is 4.49. The largest absolute Gasteiger partial charge is 0.298 e. The molecule has 0 N–H and O–H groups in total. The highest BCUT2D eigenvalue weighted by Gasteiger charge is 2.04. The second kappa shape index (κ2) is 5.42. The second-order valence-electron chi connectivity index (χ2n) is 3.17. The average molecular weight is 229 g/mol. The van der Waals surface area contributed by atoms with Gasteiger partial charge in [0.25, 0.3) is 0 Å². The number of thiol groups is 1. The van der Waals surface area contributed by atoms with E-state index in [-0.39, 0.29) is 11.7 Å². The number of hydrogen-bond acceptors (Lipinski definition) is 2. The first-order chi connectivity index (χ1) is 6.67. The summed E-state index contributed by atoms with van der Waals surface area (Å²) in [6.45, 7) is 2.07. The monoisotopic (exact) mass is 228 g/mol. The van der Waals surface area contributed by atoms with Gasteiger partial charge in [0.05, 0.1) is 5.88 Å². The second-order valence-corrected chi connectivity index (χ2v) is 3.91. The lowest BCUT2D eigenvalue weighted by Crippen LogP contribution is -2.04. The van der Waals surface area contributed by atoms with E-state index in [2.05, 4.69) is 19.6 Å². The van der Waals surface area contributed by atoms with E-state index in [4.69, 9.17) is 11.6 Å². The van der Waals surface area contributed by atoms with Gasteiger partial charge in [-0.1, -0.05) is 19.1 Å². The summed E-state index contributed by atoms with van der Waals surface area (Å²) in [5.74, 6) is 0.144. The number of carbonyl (C=O) groups is 1. The maximum absolute atomic E-state index is 11.1. The number of alkyl halides is 1. The quantitative estimate of drug-likeness (QED) is 0.620. The molecule has 1 nitrogen and oxygen atoms in total. The molecule has 0 aromatic heterocycles. The molecule has 0 saturated heterocycles. The van der Waals surface area contributed by atoms with E-state index in [0.717, 1.165) is 16.9 Å². The Morgan fingerprint density at radius 3 is 2.79 bits per heavy atom. The minimum absolute atomic E-state index is 0.0561. The van der Waals surface area contributed by atoms with Crippen molar-refractivity contribution >= 4 is 30.0 Å². The smallest absolute Gasteiger partial charge is 0.151 e. The number of benzene rings is 1. The van der Waals surface area contributed by atoms with Gasteiger partial charge in [-0.05, 0) is 23.6 Å². The van der Waals surface area contributed by atoms with Crippen molar-refractivity contribution < 1.29 is 4.79 Å². The average Bonchev–Trinajstić information content (AvgIpc) is 2.20. The highest BCUT2D eigenvalue weighted by atomic mass is 35.5. The van der Waals surface area contributed by atoms with Crippen molar-refractivity contribution in [2.24, 2.45) is 0 Å². The lowest BCUT2D eigenvalue weighted by molar-refractivity contribution is -0.116. The van der Waals surface area contributed by atoms with E-state index >= 15 is 0 Å². The van der Waals surface area contributed by atoms with Gasteiger partial charge in [0, 0.05) is 11.3 Å². The Labute approximate surface area is 94.9 Å². The van der Waals surface area contributed by atoms with E-state index in [1.807, 2.05) is 18.2 Å². The van der Waals surface area contributed by atoms with Crippen LogP contribution in [0.5, 0.6) is 0 Å². The number of hydrogen-bond donors (Lipinski definition) is 1. The van der Waals surface area contributed by atoms with Crippen LogP contribution < -0.4 is 0 Å². The van der Waals surface area contributed by atoms with Crippen LogP contribution in [0.3, 0.4) is 0 Å². The van der Waals surface area contributed by atoms with Gasteiger partial charge in [0.1, 0.15) is 0 Å².